The summed E-state index contributed by atoms with van der Waals surface area (Å²) in [5.41, 5.74) is 0.306. The summed E-state index contributed by atoms with van der Waals surface area (Å²) < 4.78 is 15.9. The Morgan fingerprint density at radius 3 is 2.38 bits per heavy atom. The van der Waals surface area contributed by atoms with E-state index in [9.17, 15) is 9.59 Å². The number of nitrogens with one attached hydrogen (secondary N) is 1. The average Bonchev–Trinajstić information content (AvgIpc) is 2.55. The van der Waals surface area contributed by atoms with E-state index in [0.717, 1.165) is 0 Å². The van der Waals surface area contributed by atoms with Gasteiger partial charge >= 0.3 is 5.97 Å². The molecule has 1 aromatic carbocycles. The summed E-state index contributed by atoms with van der Waals surface area (Å²) in [6, 6.07) is 4.80. The van der Waals surface area contributed by atoms with Gasteiger partial charge in [-0.05, 0) is 30.0 Å². The van der Waals surface area contributed by atoms with Crippen molar-refractivity contribution in [3.05, 3.63) is 23.8 Å². The van der Waals surface area contributed by atoms with Crippen molar-refractivity contribution >= 4 is 11.9 Å². The van der Waals surface area contributed by atoms with E-state index < -0.39 is 5.97 Å². The minimum atomic E-state index is -0.580. The van der Waals surface area contributed by atoms with Gasteiger partial charge in [0.15, 0.2) is 18.1 Å². The lowest BCUT2D eigenvalue weighted by Crippen LogP contribution is -2.31. The highest BCUT2D eigenvalue weighted by atomic mass is 16.5. The number of rotatable bonds is 9. The molecule has 0 aliphatic rings. The Morgan fingerprint density at radius 1 is 1.08 bits per heavy atom. The topological polar surface area (TPSA) is 73.9 Å². The van der Waals surface area contributed by atoms with Crippen LogP contribution in [-0.2, 0) is 9.53 Å². The van der Waals surface area contributed by atoms with Crippen LogP contribution in [0.25, 0.3) is 0 Å². The third-order valence-corrected chi connectivity index (χ3v) is 3.01. The van der Waals surface area contributed by atoms with Crippen LogP contribution < -0.4 is 14.8 Å². The van der Waals surface area contributed by atoms with Crippen LogP contribution in [0.3, 0.4) is 0 Å². The zero-order valence-corrected chi connectivity index (χ0v) is 15.0. The van der Waals surface area contributed by atoms with E-state index in [2.05, 4.69) is 5.32 Å². The number of amides is 1. The molecule has 0 radical (unpaired) electrons. The van der Waals surface area contributed by atoms with Crippen molar-refractivity contribution in [1.29, 1.82) is 0 Å². The van der Waals surface area contributed by atoms with Crippen molar-refractivity contribution in [1.82, 2.24) is 5.32 Å². The van der Waals surface area contributed by atoms with Gasteiger partial charge in [-0.3, -0.25) is 4.79 Å². The molecule has 1 aromatic rings. The molecule has 0 aromatic heterocycles. The maximum Gasteiger partial charge on any atom is 0.338 e. The summed E-state index contributed by atoms with van der Waals surface area (Å²) in [5.74, 6) is 0.840. The number of methoxy groups -OCH3 is 1. The molecule has 0 saturated heterocycles. The van der Waals surface area contributed by atoms with E-state index in [1.807, 2.05) is 27.7 Å². The number of benzene rings is 1. The van der Waals surface area contributed by atoms with E-state index in [1.165, 1.54) is 7.11 Å². The lowest BCUT2D eigenvalue weighted by molar-refractivity contribution is -0.124. The number of carbonyl (C=O) groups is 2. The number of ether oxygens (including phenoxy) is 3. The van der Waals surface area contributed by atoms with Crippen molar-refractivity contribution in [3.8, 4) is 11.5 Å². The normalized spacial score (nSPS) is 10.6. The van der Waals surface area contributed by atoms with Gasteiger partial charge in [0.05, 0.1) is 19.3 Å². The number of carbonyl (C=O) groups excluding carboxylic acids is 2. The number of esters is 1. The molecule has 24 heavy (non-hydrogen) atoms. The molecular weight excluding hydrogens is 310 g/mol. The van der Waals surface area contributed by atoms with E-state index in [-0.39, 0.29) is 12.5 Å². The summed E-state index contributed by atoms with van der Waals surface area (Å²) in [6.07, 6.45) is 0. The van der Waals surface area contributed by atoms with Gasteiger partial charge in [0.25, 0.3) is 5.91 Å². The molecule has 134 valence electrons. The van der Waals surface area contributed by atoms with Crippen LogP contribution in [0.15, 0.2) is 18.2 Å². The minimum Gasteiger partial charge on any atom is -0.493 e. The molecule has 0 aliphatic heterocycles. The second-order valence-corrected chi connectivity index (χ2v) is 6.34. The molecule has 0 aliphatic carbocycles. The van der Waals surface area contributed by atoms with E-state index >= 15 is 0 Å². The Morgan fingerprint density at radius 2 is 1.79 bits per heavy atom. The Balaban J connectivity index is 2.62. The molecule has 0 bridgehead atoms. The highest BCUT2D eigenvalue weighted by Gasteiger charge is 2.14. The molecule has 0 heterocycles. The molecule has 0 unspecified atom stereocenters. The predicted octanol–water partition coefficient (Wildman–Crippen LogP) is 2.66. The molecule has 0 atom stereocenters. The van der Waals surface area contributed by atoms with Gasteiger partial charge in [0, 0.05) is 6.54 Å². The fourth-order valence-electron chi connectivity index (χ4n) is 1.75. The van der Waals surface area contributed by atoms with Gasteiger partial charge < -0.3 is 19.5 Å². The zero-order chi connectivity index (χ0) is 18.1. The van der Waals surface area contributed by atoms with Crippen LogP contribution in [0.1, 0.15) is 38.1 Å². The maximum atomic E-state index is 12.0. The fourth-order valence-corrected chi connectivity index (χ4v) is 1.75. The van der Waals surface area contributed by atoms with Crippen LogP contribution in [0.5, 0.6) is 11.5 Å². The molecule has 1 rings (SSSR count). The van der Waals surface area contributed by atoms with Crippen molar-refractivity contribution in [2.75, 3.05) is 26.9 Å². The lowest BCUT2D eigenvalue weighted by Gasteiger charge is -2.13. The second kappa shape index (κ2) is 9.80. The predicted molar refractivity (Wildman–Crippen MR) is 91.5 cm³/mol. The quantitative estimate of drug-likeness (QED) is 0.701. The third kappa shape index (κ3) is 6.89. The van der Waals surface area contributed by atoms with Gasteiger partial charge in [-0.1, -0.05) is 27.7 Å². The van der Waals surface area contributed by atoms with Gasteiger partial charge in [0.1, 0.15) is 0 Å². The number of hydrogen-bond donors (Lipinski definition) is 1. The molecule has 0 fully saturated rings. The first-order chi connectivity index (χ1) is 11.3. The van der Waals surface area contributed by atoms with Crippen LogP contribution >= 0.6 is 0 Å². The van der Waals surface area contributed by atoms with Gasteiger partial charge in [-0.2, -0.15) is 0 Å². The van der Waals surface area contributed by atoms with Crippen molar-refractivity contribution < 1.29 is 23.8 Å². The smallest absolute Gasteiger partial charge is 0.338 e. The molecular formula is C18H27NO5. The Hall–Kier alpha value is -2.24. The first-order valence-corrected chi connectivity index (χ1v) is 8.08. The highest BCUT2D eigenvalue weighted by molar-refractivity contribution is 5.92. The van der Waals surface area contributed by atoms with Gasteiger partial charge in [-0.25, -0.2) is 4.79 Å². The standard InChI is InChI=1S/C18H27NO5/c1-12(2)9-19-17(20)11-24-18(21)14-6-7-15(16(8-14)22-5)23-10-13(3)4/h6-8,12-13H,9-11H2,1-5H3,(H,19,20). The Bertz CT molecular complexity index is 554. The molecule has 1 N–H and O–H groups in total. The first-order valence-electron chi connectivity index (χ1n) is 8.08. The Kier molecular flexibility index (Phi) is 8.09. The van der Waals surface area contributed by atoms with Crippen LogP contribution in [0.4, 0.5) is 0 Å². The molecule has 6 heteroatoms. The van der Waals surface area contributed by atoms with Gasteiger partial charge in [-0.15, -0.1) is 0 Å². The molecule has 1 amide bonds. The summed E-state index contributed by atoms with van der Waals surface area (Å²) in [7, 11) is 1.51. The summed E-state index contributed by atoms with van der Waals surface area (Å²) in [5, 5.41) is 2.69. The van der Waals surface area contributed by atoms with Gasteiger partial charge in [0.2, 0.25) is 0 Å². The Labute approximate surface area is 143 Å². The van der Waals surface area contributed by atoms with Crippen molar-refractivity contribution in [2.24, 2.45) is 11.8 Å². The largest absolute Gasteiger partial charge is 0.493 e. The SMILES string of the molecule is COc1cc(C(=O)OCC(=O)NCC(C)C)ccc1OCC(C)C. The summed E-state index contributed by atoms with van der Waals surface area (Å²) in [6.45, 7) is 8.86. The zero-order valence-electron chi connectivity index (χ0n) is 15.0. The maximum absolute atomic E-state index is 12.0. The lowest BCUT2D eigenvalue weighted by atomic mass is 10.2. The minimum absolute atomic E-state index is 0.306. The monoisotopic (exact) mass is 337 g/mol. The molecule has 6 nitrogen and oxygen atoms in total. The molecule has 0 spiro atoms. The van der Waals surface area contributed by atoms with Crippen LogP contribution in [-0.4, -0.2) is 38.7 Å². The highest BCUT2D eigenvalue weighted by Crippen LogP contribution is 2.28. The van der Waals surface area contributed by atoms with Crippen molar-refractivity contribution in [2.45, 2.75) is 27.7 Å². The second-order valence-electron chi connectivity index (χ2n) is 6.34. The fraction of sp³-hybridized carbons (Fsp3) is 0.556. The summed E-state index contributed by atoms with van der Waals surface area (Å²) >= 11 is 0. The summed E-state index contributed by atoms with van der Waals surface area (Å²) in [4.78, 5) is 23.6. The first kappa shape index (κ1) is 19.8. The van der Waals surface area contributed by atoms with E-state index in [0.29, 0.717) is 42.0 Å². The van der Waals surface area contributed by atoms with Crippen LogP contribution in [0, 0.1) is 11.8 Å². The molecule has 0 saturated carbocycles. The number of hydrogen-bond acceptors (Lipinski definition) is 5. The van der Waals surface area contributed by atoms with Crippen LogP contribution in [0.2, 0.25) is 0 Å². The van der Waals surface area contributed by atoms with E-state index in [1.54, 1.807) is 18.2 Å². The van der Waals surface area contributed by atoms with Crippen molar-refractivity contribution in [3.63, 3.8) is 0 Å². The van der Waals surface area contributed by atoms with E-state index in [4.69, 9.17) is 14.2 Å². The average molecular weight is 337 g/mol. The third-order valence-electron chi connectivity index (χ3n) is 3.01.